The molecule has 4 rings (SSSR count). The Hall–Kier alpha value is -2.66. The number of piperazine rings is 1. The van der Waals surface area contributed by atoms with Crippen LogP contribution < -0.4 is 9.80 Å². The summed E-state index contributed by atoms with van der Waals surface area (Å²) in [6.45, 7) is 5.36. The van der Waals surface area contributed by atoms with E-state index < -0.39 is 0 Å². The second-order valence-corrected chi connectivity index (χ2v) is 6.63. The number of quaternary nitrogens is 1. The highest BCUT2D eigenvalue weighted by Crippen LogP contribution is 2.21. The van der Waals surface area contributed by atoms with Gasteiger partial charge in [-0.05, 0) is 24.3 Å². The number of benzene rings is 2. The van der Waals surface area contributed by atoms with Crippen LogP contribution in [0.2, 0.25) is 0 Å². The van der Waals surface area contributed by atoms with E-state index in [9.17, 15) is 9.59 Å². The van der Waals surface area contributed by atoms with Crippen molar-refractivity contribution in [1.29, 1.82) is 0 Å². The van der Waals surface area contributed by atoms with Gasteiger partial charge >= 0.3 is 0 Å². The van der Waals surface area contributed by atoms with Crippen LogP contribution in [0.5, 0.6) is 0 Å². The van der Waals surface area contributed by atoms with Gasteiger partial charge in [0.25, 0.3) is 11.8 Å². The topological polar surface area (TPSA) is 45.1 Å². The number of hydrogen-bond acceptors (Lipinski definition) is 3. The number of carbonyl (C=O) groups is 2. The molecule has 25 heavy (non-hydrogen) atoms. The number of amides is 2. The molecule has 2 aromatic rings. The molecule has 0 aliphatic carbocycles. The number of nitrogens with zero attached hydrogens (tertiary/aromatic N) is 2. The Morgan fingerprint density at radius 2 is 1.36 bits per heavy atom. The van der Waals surface area contributed by atoms with Crippen molar-refractivity contribution in [2.75, 3.05) is 44.2 Å². The van der Waals surface area contributed by atoms with Crippen LogP contribution >= 0.6 is 0 Å². The summed E-state index contributed by atoms with van der Waals surface area (Å²) in [4.78, 5) is 30.1. The van der Waals surface area contributed by atoms with Gasteiger partial charge in [-0.3, -0.25) is 14.5 Å². The van der Waals surface area contributed by atoms with Gasteiger partial charge in [0.1, 0.15) is 0 Å². The highest BCUT2D eigenvalue weighted by molar-refractivity contribution is 6.21. The van der Waals surface area contributed by atoms with Gasteiger partial charge in [-0.2, -0.15) is 0 Å². The molecule has 0 aromatic heterocycles. The van der Waals surface area contributed by atoms with Gasteiger partial charge in [0.2, 0.25) is 0 Å². The van der Waals surface area contributed by atoms with Crippen molar-refractivity contribution in [1.82, 2.24) is 4.90 Å². The van der Waals surface area contributed by atoms with Gasteiger partial charge in [-0.15, -0.1) is 0 Å². The Morgan fingerprint density at radius 3 is 1.96 bits per heavy atom. The second kappa shape index (κ2) is 6.69. The first-order valence-corrected chi connectivity index (χ1v) is 8.83. The van der Waals surface area contributed by atoms with E-state index >= 15 is 0 Å². The standard InChI is InChI=1S/C20H21N3O2/c24-19-17-8-4-5-9-18(17)20(25)23(19)15-12-21-10-13-22(14-11-21)16-6-2-1-3-7-16/h1-9H,10-15H2/p+1. The zero-order chi connectivity index (χ0) is 17.2. The molecule has 0 saturated carbocycles. The van der Waals surface area contributed by atoms with Crippen molar-refractivity contribution in [2.45, 2.75) is 0 Å². The average Bonchev–Trinajstić information content (AvgIpc) is 2.92. The molecule has 2 heterocycles. The van der Waals surface area contributed by atoms with E-state index in [0.717, 1.165) is 32.7 Å². The molecule has 0 bridgehead atoms. The number of rotatable bonds is 4. The number of hydrogen-bond donors (Lipinski definition) is 1. The van der Waals surface area contributed by atoms with Gasteiger partial charge in [-0.1, -0.05) is 30.3 Å². The van der Waals surface area contributed by atoms with Crippen LogP contribution in [0.25, 0.3) is 0 Å². The van der Waals surface area contributed by atoms with Gasteiger partial charge < -0.3 is 9.80 Å². The van der Waals surface area contributed by atoms with E-state index in [2.05, 4.69) is 29.2 Å². The third kappa shape index (κ3) is 3.03. The fourth-order valence-electron chi connectivity index (χ4n) is 3.68. The van der Waals surface area contributed by atoms with Crippen molar-refractivity contribution in [3.63, 3.8) is 0 Å². The highest BCUT2D eigenvalue weighted by atomic mass is 16.2. The fraction of sp³-hybridized carbons (Fsp3) is 0.300. The summed E-state index contributed by atoms with van der Waals surface area (Å²) in [5.74, 6) is -0.300. The lowest BCUT2D eigenvalue weighted by Crippen LogP contribution is -3.15. The Balaban J connectivity index is 1.32. The predicted molar refractivity (Wildman–Crippen MR) is 96.0 cm³/mol. The lowest BCUT2D eigenvalue weighted by Gasteiger charge is -2.34. The van der Waals surface area contributed by atoms with Crippen LogP contribution in [0.4, 0.5) is 5.69 Å². The minimum absolute atomic E-state index is 0.150. The molecule has 0 atom stereocenters. The lowest BCUT2D eigenvalue weighted by atomic mass is 10.1. The lowest BCUT2D eigenvalue weighted by molar-refractivity contribution is -0.899. The van der Waals surface area contributed by atoms with Gasteiger partial charge in [0.05, 0.1) is 50.4 Å². The van der Waals surface area contributed by atoms with E-state index in [0.29, 0.717) is 17.7 Å². The maximum Gasteiger partial charge on any atom is 0.261 e. The molecule has 2 aliphatic rings. The molecule has 5 heteroatoms. The minimum atomic E-state index is -0.150. The highest BCUT2D eigenvalue weighted by Gasteiger charge is 2.35. The first-order chi connectivity index (χ1) is 12.2. The Labute approximate surface area is 147 Å². The molecule has 128 valence electrons. The van der Waals surface area contributed by atoms with E-state index in [1.165, 1.54) is 15.5 Å². The summed E-state index contributed by atoms with van der Waals surface area (Å²) in [6, 6.07) is 17.5. The SMILES string of the molecule is O=C1c2ccccc2C(=O)N1CC[NH+]1CCN(c2ccccc2)CC1. The summed E-state index contributed by atoms with van der Waals surface area (Å²) in [5.41, 5.74) is 2.34. The van der Waals surface area contributed by atoms with E-state index in [1.54, 1.807) is 12.1 Å². The molecular weight excluding hydrogens is 314 g/mol. The molecule has 1 saturated heterocycles. The van der Waals surface area contributed by atoms with Crippen LogP contribution in [-0.4, -0.2) is 56.0 Å². The van der Waals surface area contributed by atoms with Crippen molar-refractivity contribution in [3.05, 3.63) is 65.7 Å². The smallest absolute Gasteiger partial charge is 0.261 e. The molecule has 2 amide bonds. The van der Waals surface area contributed by atoms with Crippen LogP contribution in [-0.2, 0) is 0 Å². The molecule has 2 aromatic carbocycles. The number of para-hydroxylation sites is 1. The largest absolute Gasteiger partial charge is 0.360 e. The Bertz CT molecular complexity index is 748. The maximum absolute atomic E-state index is 12.4. The zero-order valence-electron chi connectivity index (χ0n) is 14.1. The minimum Gasteiger partial charge on any atom is -0.360 e. The summed E-state index contributed by atoms with van der Waals surface area (Å²) in [6.07, 6.45) is 0. The molecule has 5 nitrogen and oxygen atoms in total. The van der Waals surface area contributed by atoms with Gasteiger partial charge in [0.15, 0.2) is 0 Å². The number of nitrogens with one attached hydrogen (secondary N) is 1. The van der Waals surface area contributed by atoms with Gasteiger partial charge in [0, 0.05) is 5.69 Å². The molecule has 0 radical (unpaired) electrons. The third-order valence-corrected chi connectivity index (χ3v) is 5.16. The normalized spacial score (nSPS) is 17.9. The van der Waals surface area contributed by atoms with E-state index in [1.807, 2.05) is 18.2 Å². The van der Waals surface area contributed by atoms with Crippen molar-refractivity contribution in [2.24, 2.45) is 0 Å². The number of imide groups is 1. The van der Waals surface area contributed by atoms with Crippen molar-refractivity contribution < 1.29 is 14.5 Å². The summed E-state index contributed by atoms with van der Waals surface area (Å²) < 4.78 is 0. The monoisotopic (exact) mass is 336 g/mol. The molecule has 0 unspecified atom stereocenters. The molecule has 1 N–H and O–H groups in total. The zero-order valence-corrected chi connectivity index (χ0v) is 14.1. The molecular formula is C20H22N3O2+. The maximum atomic E-state index is 12.4. The van der Waals surface area contributed by atoms with Crippen LogP contribution in [0.15, 0.2) is 54.6 Å². The third-order valence-electron chi connectivity index (χ3n) is 5.16. The first kappa shape index (κ1) is 15.8. The Morgan fingerprint density at radius 1 is 0.800 bits per heavy atom. The fourth-order valence-corrected chi connectivity index (χ4v) is 3.68. The first-order valence-electron chi connectivity index (χ1n) is 8.83. The quantitative estimate of drug-likeness (QED) is 0.836. The number of anilines is 1. The van der Waals surface area contributed by atoms with Gasteiger partial charge in [-0.25, -0.2) is 0 Å². The number of fused-ring (bicyclic) bond motifs is 1. The summed E-state index contributed by atoms with van der Waals surface area (Å²) >= 11 is 0. The number of carbonyl (C=O) groups excluding carboxylic acids is 2. The Kier molecular flexibility index (Phi) is 4.24. The second-order valence-electron chi connectivity index (χ2n) is 6.63. The van der Waals surface area contributed by atoms with Crippen molar-refractivity contribution in [3.8, 4) is 0 Å². The predicted octanol–water partition coefficient (Wildman–Crippen LogP) is 0.688. The van der Waals surface area contributed by atoms with E-state index in [4.69, 9.17) is 0 Å². The van der Waals surface area contributed by atoms with Crippen LogP contribution in [0.1, 0.15) is 20.7 Å². The molecule has 1 fully saturated rings. The summed E-state index contributed by atoms with van der Waals surface area (Å²) in [5, 5.41) is 0. The van der Waals surface area contributed by atoms with Crippen LogP contribution in [0.3, 0.4) is 0 Å². The molecule has 2 aliphatic heterocycles. The summed E-state index contributed by atoms with van der Waals surface area (Å²) in [7, 11) is 0. The van der Waals surface area contributed by atoms with Crippen molar-refractivity contribution >= 4 is 17.5 Å². The average molecular weight is 336 g/mol. The molecule has 0 spiro atoms. The van der Waals surface area contributed by atoms with Crippen LogP contribution in [0, 0.1) is 0 Å². The van der Waals surface area contributed by atoms with E-state index in [-0.39, 0.29) is 11.8 Å².